The molecule has 3 nitrogen and oxygen atoms in total. The highest BCUT2D eigenvalue weighted by Gasteiger charge is 2.28. The number of hydrogen-bond donors (Lipinski definition) is 1. The number of halogens is 1. The largest absolute Gasteiger partial charge is 0.466 e. The molecular formula is C14H19ClO3. The molecule has 1 aromatic rings. The lowest BCUT2D eigenvalue weighted by Crippen LogP contribution is -2.24. The summed E-state index contributed by atoms with van der Waals surface area (Å²) < 4.78 is 5.00. The van der Waals surface area contributed by atoms with Crippen LogP contribution in [0.5, 0.6) is 0 Å². The van der Waals surface area contributed by atoms with Gasteiger partial charge >= 0.3 is 5.97 Å². The normalized spacial score (nSPS) is 14.0. The van der Waals surface area contributed by atoms with Gasteiger partial charge in [0, 0.05) is 5.02 Å². The van der Waals surface area contributed by atoms with Crippen molar-refractivity contribution in [1.82, 2.24) is 0 Å². The monoisotopic (exact) mass is 270 g/mol. The molecule has 1 N–H and O–H groups in total. The van der Waals surface area contributed by atoms with Crippen LogP contribution in [0, 0.1) is 5.92 Å². The second-order valence-electron chi connectivity index (χ2n) is 4.15. The summed E-state index contributed by atoms with van der Waals surface area (Å²) in [4.78, 5) is 11.8. The molecule has 18 heavy (non-hydrogen) atoms. The van der Waals surface area contributed by atoms with Gasteiger partial charge in [-0.1, -0.05) is 37.1 Å². The van der Waals surface area contributed by atoms with Crippen LogP contribution in [0.3, 0.4) is 0 Å². The standard InChI is InChI=1S/C14H19ClO3/c1-3-6-12(14(17)18-4-2)13(16)10-7-5-8-11(15)9-10/h5,7-9,12-13,16H,3-4,6H2,1-2H3. The molecule has 0 saturated carbocycles. The van der Waals surface area contributed by atoms with Crippen molar-refractivity contribution in [3.8, 4) is 0 Å². The Morgan fingerprint density at radius 1 is 1.44 bits per heavy atom. The van der Waals surface area contributed by atoms with Gasteiger partial charge in [0.05, 0.1) is 18.6 Å². The fourth-order valence-corrected chi connectivity index (χ4v) is 2.09. The summed E-state index contributed by atoms with van der Waals surface area (Å²) in [6.07, 6.45) is 0.524. The van der Waals surface area contributed by atoms with E-state index in [4.69, 9.17) is 16.3 Å². The molecule has 1 aromatic carbocycles. The van der Waals surface area contributed by atoms with Gasteiger partial charge in [-0.2, -0.15) is 0 Å². The lowest BCUT2D eigenvalue weighted by molar-refractivity contribution is -0.152. The highest BCUT2D eigenvalue weighted by Crippen LogP contribution is 2.28. The topological polar surface area (TPSA) is 46.5 Å². The van der Waals surface area contributed by atoms with E-state index in [9.17, 15) is 9.90 Å². The van der Waals surface area contributed by atoms with Gasteiger partial charge in [-0.15, -0.1) is 0 Å². The molecule has 0 aliphatic rings. The molecule has 0 heterocycles. The number of rotatable bonds is 6. The van der Waals surface area contributed by atoms with Crippen molar-refractivity contribution in [3.05, 3.63) is 34.9 Å². The Labute approximate surface area is 113 Å². The first-order valence-electron chi connectivity index (χ1n) is 6.20. The summed E-state index contributed by atoms with van der Waals surface area (Å²) >= 11 is 5.88. The average molecular weight is 271 g/mol. The third-order valence-corrected chi connectivity index (χ3v) is 3.00. The minimum Gasteiger partial charge on any atom is -0.466 e. The molecule has 0 saturated heterocycles. The molecule has 0 radical (unpaired) electrons. The van der Waals surface area contributed by atoms with Crippen LogP contribution in [0.25, 0.3) is 0 Å². The maximum Gasteiger partial charge on any atom is 0.311 e. The zero-order valence-electron chi connectivity index (χ0n) is 10.7. The number of esters is 1. The van der Waals surface area contributed by atoms with E-state index >= 15 is 0 Å². The van der Waals surface area contributed by atoms with Gasteiger partial charge in [0.15, 0.2) is 0 Å². The van der Waals surface area contributed by atoms with Crippen LogP contribution in [-0.2, 0) is 9.53 Å². The van der Waals surface area contributed by atoms with Crippen molar-refractivity contribution in [3.63, 3.8) is 0 Å². The van der Waals surface area contributed by atoms with Gasteiger partial charge in [0.2, 0.25) is 0 Å². The molecule has 2 unspecified atom stereocenters. The maximum atomic E-state index is 11.8. The molecule has 0 fully saturated rings. The lowest BCUT2D eigenvalue weighted by Gasteiger charge is -2.21. The quantitative estimate of drug-likeness (QED) is 0.807. The Morgan fingerprint density at radius 3 is 2.72 bits per heavy atom. The van der Waals surface area contributed by atoms with Crippen molar-refractivity contribution < 1.29 is 14.6 Å². The van der Waals surface area contributed by atoms with Crippen molar-refractivity contribution >= 4 is 17.6 Å². The zero-order chi connectivity index (χ0) is 13.5. The fourth-order valence-electron chi connectivity index (χ4n) is 1.89. The number of ether oxygens (including phenoxy) is 1. The number of carbonyl (C=O) groups is 1. The molecule has 0 amide bonds. The molecule has 100 valence electrons. The third-order valence-electron chi connectivity index (χ3n) is 2.76. The van der Waals surface area contributed by atoms with Gasteiger partial charge in [-0.05, 0) is 31.0 Å². The van der Waals surface area contributed by atoms with Gasteiger partial charge in [-0.3, -0.25) is 4.79 Å². The number of carbonyl (C=O) groups excluding carboxylic acids is 1. The lowest BCUT2D eigenvalue weighted by atomic mass is 9.92. The summed E-state index contributed by atoms with van der Waals surface area (Å²) in [7, 11) is 0. The van der Waals surface area contributed by atoms with Crippen LogP contribution in [0.15, 0.2) is 24.3 Å². The number of aliphatic hydroxyl groups is 1. The molecule has 1 rings (SSSR count). The van der Waals surface area contributed by atoms with Gasteiger partial charge in [-0.25, -0.2) is 0 Å². The summed E-state index contributed by atoms with van der Waals surface area (Å²) in [5, 5.41) is 10.8. The zero-order valence-corrected chi connectivity index (χ0v) is 11.5. The minimum atomic E-state index is -0.873. The highest BCUT2D eigenvalue weighted by atomic mass is 35.5. The van der Waals surface area contributed by atoms with E-state index in [-0.39, 0.29) is 5.97 Å². The summed E-state index contributed by atoms with van der Waals surface area (Å²) in [5.74, 6) is -0.889. The first-order valence-corrected chi connectivity index (χ1v) is 6.58. The number of aliphatic hydroxyl groups excluding tert-OH is 1. The maximum absolute atomic E-state index is 11.8. The Morgan fingerprint density at radius 2 is 2.17 bits per heavy atom. The molecule has 4 heteroatoms. The molecule has 2 atom stereocenters. The van der Waals surface area contributed by atoms with Crippen molar-refractivity contribution in [2.75, 3.05) is 6.61 Å². The van der Waals surface area contributed by atoms with Crippen LogP contribution in [0.1, 0.15) is 38.4 Å². The number of benzene rings is 1. The van der Waals surface area contributed by atoms with Crippen LogP contribution < -0.4 is 0 Å². The van der Waals surface area contributed by atoms with Crippen molar-refractivity contribution in [2.24, 2.45) is 5.92 Å². The first-order chi connectivity index (χ1) is 8.60. The summed E-state index contributed by atoms with van der Waals surface area (Å²) in [5.41, 5.74) is 0.647. The van der Waals surface area contributed by atoms with E-state index in [0.29, 0.717) is 23.6 Å². The predicted octanol–water partition coefficient (Wildman–Crippen LogP) is 3.35. The van der Waals surface area contributed by atoms with Crippen LogP contribution in [0.2, 0.25) is 5.02 Å². The Hall–Kier alpha value is -1.06. The second-order valence-corrected chi connectivity index (χ2v) is 4.58. The van der Waals surface area contributed by atoms with Crippen LogP contribution in [0.4, 0.5) is 0 Å². The Balaban J connectivity index is 2.88. The van der Waals surface area contributed by atoms with E-state index < -0.39 is 12.0 Å². The minimum absolute atomic E-state index is 0.321. The third kappa shape index (κ3) is 4.00. The second kappa shape index (κ2) is 7.39. The van der Waals surface area contributed by atoms with E-state index in [0.717, 1.165) is 6.42 Å². The van der Waals surface area contributed by atoms with Crippen LogP contribution >= 0.6 is 11.6 Å². The summed E-state index contributed by atoms with van der Waals surface area (Å²) in [6.45, 7) is 4.05. The van der Waals surface area contributed by atoms with Crippen molar-refractivity contribution in [1.29, 1.82) is 0 Å². The Bertz CT molecular complexity index is 392. The molecule has 0 aromatic heterocycles. The van der Waals surface area contributed by atoms with E-state index in [2.05, 4.69) is 0 Å². The molecular weight excluding hydrogens is 252 g/mol. The van der Waals surface area contributed by atoms with Crippen molar-refractivity contribution in [2.45, 2.75) is 32.8 Å². The predicted molar refractivity (Wildman–Crippen MR) is 71.4 cm³/mol. The molecule has 0 aliphatic heterocycles. The SMILES string of the molecule is CCCC(C(=O)OCC)C(O)c1cccc(Cl)c1. The van der Waals surface area contributed by atoms with Crippen LogP contribution in [-0.4, -0.2) is 17.7 Å². The molecule has 0 aliphatic carbocycles. The van der Waals surface area contributed by atoms with Gasteiger partial charge in [0.1, 0.15) is 0 Å². The first kappa shape index (κ1) is 15.0. The molecule has 0 bridgehead atoms. The highest BCUT2D eigenvalue weighted by molar-refractivity contribution is 6.30. The van der Waals surface area contributed by atoms with E-state index in [1.54, 1.807) is 31.2 Å². The molecule has 0 spiro atoms. The van der Waals surface area contributed by atoms with E-state index in [1.807, 2.05) is 6.92 Å². The Kier molecular flexibility index (Phi) is 6.16. The average Bonchev–Trinajstić information content (AvgIpc) is 2.35. The smallest absolute Gasteiger partial charge is 0.311 e. The fraction of sp³-hybridized carbons (Fsp3) is 0.500. The van der Waals surface area contributed by atoms with Gasteiger partial charge < -0.3 is 9.84 Å². The van der Waals surface area contributed by atoms with E-state index in [1.165, 1.54) is 0 Å². The van der Waals surface area contributed by atoms with Gasteiger partial charge in [0.25, 0.3) is 0 Å². The summed E-state index contributed by atoms with van der Waals surface area (Å²) in [6, 6.07) is 6.93. The number of hydrogen-bond acceptors (Lipinski definition) is 3.